The Balaban J connectivity index is 2.09. The van der Waals surface area contributed by atoms with Crippen molar-refractivity contribution < 1.29 is 4.39 Å². The minimum Gasteiger partial charge on any atom is -0.267 e. The summed E-state index contributed by atoms with van der Waals surface area (Å²) in [5, 5.41) is 7.00. The lowest BCUT2D eigenvalue weighted by Gasteiger charge is -2.10. The molecule has 0 bridgehead atoms. The third-order valence-corrected chi connectivity index (χ3v) is 4.83. The van der Waals surface area contributed by atoms with E-state index in [4.69, 9.17) is 0 Å². The van der Waals surface area contributed by atoms with E-state index in [-0.39, 0.29) is 11.4 Å². The Hall–Kier alpha value is -2.86. The Bertz CT molecular complexity index is 1100. The third kappa shape index (κ3) is 2.32. The lowest BCUT2D eigenvalue weighted by Crippen LogP contribution is -2.22. The molecule has 0 fully saturated rings. The van der Waals surface area contributed by atoms with Crippen LogP contribution in [0.4, 0.5) is 4.39 Å². The summed E-state index contributed by atoms with van der Waals surface area (Å²) in [6, 6.07) is 11.2. The van der Waals surface area contributed by atoms with E-state index in [1.54, 1.807) is 29.7 Å². The molecule has 0 aliphatic heterocycles. The molecule has 0 N–H and O–H groups in total. The lowest BCUT2D eigenvalue weighted by atomic mass is 10.1. The molecule has 0 spiro atoms. The quantitative estimate of drug-likeness (QED) is 0.556. The number of pyridine rings is 1. The van der Waals surface area contributed by atoms with Gasteiger partial charge in [-0.25, -0.2) is 4.39 Å². The van der Waals surface area contributed by atoms with Crippen LogP contribution >= 0.6 is 11.3 Å². The van der Waals surface area contributed by atoms with Crippen molar-refractivity contribution in [2.75, 3.05) is 0 Å². The maximum atomic E-state index is 13.2. The van der Waals surface area contributed by atoms with Gasteiger partial charge in [0.2, 0.25) is 0 Å². The van der Waals surface area contributed by atoms with Gasteiger partial charge in [-0.3, -0.25) is 9.78 Å². The molecular weight excluding hydrogens is 325 g/mol. The van der Waals surface area contributed by atoms with Crippen LogP contribution < -0.4 is 5.56 Å². The van der Waals surface area contributed by atoms with Gasteiger partial charge in [0.25, 0.3) is 5.56 Å². The number of benzene rings is 1. The van der Waals surface area contributed by atoms with Gasteiger partial charge >= 0.3 is 0 Å². The second-order valence-corrected chi connectivity index (χ2v) is 6.29. The number of hydrogen-bond donors (Lipinski definition) is 0. The fraction of sp³-hybridized carbons (Fsp3) is 0.0556. The van der Waals surface area contributed by atoms with Crippen LogP contribution in [-0.4, -0.2) is 14.8 Å². The smallest absolute Gasteiger partial charge is 0.267 e. The first-order valence-corrected chi connectivity index (χ1v) is 8.21. The molecule has 3 heterocycles. The average molecular weight is 337 g/mol. The number of fused-ring (bicyclic) bond motifs is 1. The van der Waals surface area contributed by atoms with Gasteiger partial charge < -0.3 is 0 Å². The minimum absolute atomic E-state index is 0.275. The Morgan fingerprint density at radius 1 is 1.12 bits per heavy atom. The van der Waals surface area contributed by atoms with Gasteiger partial charge in [0, 0.05) is 6.20 Å². The molecule has 4 nitrogen and oxygen atoms in total. The number of rotatable bonds is 2. The summed E-state index contributed by atoms with van der Waals surface area (Å²) in [5.74, 6) is -0.358. The third-order valence-electron chi connectivity index (χ3n) is 3.80. The van der Waals surface area contributed by atoms with Crippen LogP contribution in [0.5, 0.6) is 0 Å². The molecule has 0 aliphatic carbocycles. The number of aromatic nitrogens is 3. The summed E-state index contributed by atoms with van der Waals surface area (Å²) in [4.78, 5) is 18.1. The summed E-state index contributed by atoms with van der Waals surface area (Å²) < 4.78 is 14.5. The van der Waals surface area contributed by atoms with Crippen LogP contribution in [0.15, 0.2) is 58.8 Å². The van der Waals surface area contributed by atoms with Crippen molar-refractivity contribution in [3.63, 3.8) is 0 Å². The highest BCUT2D eigenvalue weighted by atomic mass is 32.1. The van der Waals surface area contributed by atoms with E-state index in [1.165, 1.54) is 28.9 Å². The molecule has 118 valence electrons. The number of halogens is 1. The largest absolute Gasteiger partial charge is 0.280 e. The molecule has 0 aliphatic rings. The standard InChI is InChI=1S/C18H12FN3OS/c1-11-8-10-24-17(11)16-15-14(3-2-9-20-15)18(23)22(21-16)13-6-4-12(19)5-7-13/h2-10H,1H3. The van der Waals surface area contributed by atoms with Crippen molar-refractivity contribution in [1.82, 2.24) is 14.8 Å². The molecule has 0 unspecified atom stereocenters. The summed E-state index contributed by atoms with van der Waals surface area (Å²) in [7, 11) is 0. The van der Waals surface area contributed by atoms with E-state index in [0.717, 1.165) is 10.4 Å². The van der Waals surface area contributed by atoms with Crippen molar-refractivity contribution in [2.45, 2.75) is 6.92 Å². The van der Waals surface area contributed by atoms with Crippen LogP contribution in [0.1, 0.15) is 5.56 Å². The summed E-state index contributed by atoms with van der Waals surface area (Å²) in [6.07, 6.45) is 1.65. The molecule has 0 amide bonds. The van der Waals surface area contributed by atoms with E-state index < -0.39 is 0 Å². The Morgan fingerprint density at radius 2 is 1.92 bits per heavy atom. The van der Waals surface area contributed by atoms with Gasteiger partial charge in [0.1, 0.15) is 17.0 Å². The molecule has 6 heteroatoms. The molecule has 0 radical (unpaired) electrons. The number of thiophene rings is 1. The van der Waals surface area contributed by atoms with E-state index in [0.29, 0.717) is 22.3 Å². The van der Waals surface area contributed by atoms with Crippen LogP contribution in [0.2, 0.25) is 0 Å². The SMILES string of the molecule is Cc1ccsc1-c1nn(-c2ccc(F)cc2)c(=O)c2cccnc12. The zero-order valence-electron chi connectivity index (χ0n) is 12.7. The topological polar surface area (TPSA) is 47.8 Å². The fourth-order valence-electron chi connectivity index (χ4n) is 2.60. The predicted octanol–water partition coefficient (Wildman–Crippen LogP) is 3.96. The number of aryl methyl sites for hydroxylation is 1. The minimum atomic E-state index is -0.358. The van der Waals surface area contributed by atoms with Crippen LogP contribution in [0, 0.1) is 12.7 Å². The molecule has 24 heavy (non-hydrogen) atoms. The zero-order valence-corrected chi connectivity index (χ0v) is 13.5. The lowest BCUT2D eigenvalue weighted by molar-refractivity contribution is 0.626. The van der Waals surface area contributed by atoms with Gasteiger partial charge in [-0.05, 0) is 60.3 Å². The highest BCUT2D eigenvalue weighted by Gasteiger charge is 2.16. The monoisotopic (exact) mass is 337 g/mol. The molecule has 0 saturated heterocycles. The molecular formula is C18H12FN3OS. The van der Waals surface area contributed by atoms with Crippen LogP contribution in [0.25, 0.3) is 27.2 Å². The Labute approximate surface area is 140 Å². The first kappa shape index (κ1) is 14.7. The van der Waals surface area contributed by atoms with Crippen LogP contribution in [-0.2, 0) is 0 Å². The Morgan fingerprint density at radius 3 is 2.62 bits per heavy atom. The van der Waals surface area contributed by atoms with Crippen molar-refractivity contribution in [3.8, 4) is 16.3 Å². The first-order chi connectivity index (χ1) is 11.6. The van der Waals surface area contributed by atoms with E-state index >= 15 is 0 Å². The van der Waals surface area contributed by atoms with Gasteiger partial charge in [-0.2, -0.15) is 9.78 Å². The second-order valence-electron chi connectivity index (χ2n) is 5.37. The van der Waals surface area contributed by atoms with E-state index in [1.807, 2.05) is 18.4 Å². The molecule has 4 rings (SSSR count). The van der Waals surface area contributed by atoms with E-state index in [9.17, 15) is 9.18 Å². The fourth-order valence-corrected chi connectivity index (χ4v) is 3.51. The van der Waals surface area contributed by atoms with Gasteiger partial charge in [0.15, 0.2) is 0 Å². The maximum absolute atomic E-state index is 13.2. The van der Waals surface area contributed by atoms with Crippen LogP contribution in [0.3, 0.4) is 0 Å². The van der Waals surface area contributed by atoms with Crippen molar-refractivity contribution in [2.24, 2.45) is 0 Å². The van der Waals surface area contributed by atoms with Crippen molar-refractivity contribution in [1.29, 1.82) is 0 Å². The van der Waals surface area contributed by atoms with Crippen molar-refractivity contribution >= 4 is 22.2 Å². The molecule has 4 aromatic rings. The zero-order chi connectivity index (χ0) is 16.7. The predicted molar refractivity (Wildman–Crippen MR) is 93.1 cm³/mol. The first-order valence-electron chi connectivity index (χ1n) is 7.33. The maximum Gasteiger partial charge on any atom is 0.280 e. The number of hydrogen-bond acceptors (Lipinski definition) is 4. The highest BCUT2D eigenvalue weighted by molar-refractivity contribution is 7.13. The average Bonchev–Trinajstić information content (AvgIpc) is 3.02. The van der Waals surface area contributed by atoms with E-state index in [2.05, 4.69) is 10.1 Å². The summed E-state index contributed by atoms with van der Waals surface area (Å²) in [6.45, 7) is 2.00. The number of nitrogens with zero attached hydrogens (tertiary/aromatic N) is 3. The summed E-state index contributed by atoms with van der Waals surface area (Å²) in [5.41, 5.74) is 2.54. The molecule has 1 aromatic carbocycles. The van der Waals surface area contributed by atoms with Crippen molar-refractivity contribution in [3.05, 3.63) is 75.8 Å². The van der Waals surface area contributed by atoms with Gasteiger partial charge in [-0.1, -0.05) is 0 Å². The second kappa shape index (κ2) is 5.65. The highest BCUT2D eigenvalue weighted by Crippen LogP contribution is 2.31. The van der Waals surface area contributed by atoms with Gasteiger partial charge in [0.05, 0.1) is 16.0 Å². The molecule has 3 aromatic heterocycles. The Kier molecular flexibility index (Phi) is 3.46. The van der Waals surface area contributed by atoms with Gasteiger partial charge in [-0.15, -0.1) is 11.3 Å². The summed E-state index contributed by atoms with van der Waals surface area (Å²) >= 11 is 1.55. The molecule has 0 atom stereocenters. The normalized spacial score (nSPS) is 11.1. The molecule has 0 saturated carbocycles.